The smallest absolute Gasteiger partial charge is 0.157 e. The van der Waals surface area contributed by atoms with E-state index in [1.807, 2.05) is 6.07 Å². The van der Waals surface area contributed by atoms with E-state index in [1.54, 1.807) is 30.3 Å². The van der Waals surface area contributed by atoms with Crippen LogP contribution in [0.5, 0.6) is 17.2 Å². The molecule has 0 radical (unpaired) electrons. The second kappa shape index (κ2) is 5.61. The number of nitrogens with one attached hydrogen (secondary N) is 1. The van der Waals surface area contributed by atoms with Crippen LogP contribution in [0.1, 0.15) is 22.7 Å². The fourth-order valence-corrected chi connectivity index (χ4v) is 2.58. The van der Waals surface area contributed by atoms with E-state index < -0.39 is 0 Å². The molecule has 1 atom stereocenters. The van der Waals surface area contributed by atoms with Crippen molar-refractivity contribution in [1.82, 2.24) is 5.32 Å². The van der Waals surface area contributed by atoms with Gasteiger partial charge in [-0.25, -0.2) is 0 Å². The van der Waals surface area contributed by atoms with Gasteiger partial charge >= 0.3 is 0 Å². The highest BCUT2D eigenvalue weighted by atomic mass is 35.5. The Balaban J connectivity index is 0.00000147. The molecular weight excluding hydrogens is 278 g/mol. The van der Waals surface area contributed by atoms with Crippen LogP contribution in [0.15, 0.2) is 36.4 Å². The summed E-state index contributed by atoms with van der Waals surface area (Å²) in [6.07, 6.45) is 0.804. The fraction of sp³-hybridized carbons (Fsp3) is 0.200. The summed E-state index contributed by atoms with van der Waals surface area (Å²) in [6.45, 7) is 0.789. The number of benzene rings is 2. The van der Waals surface area contributed by atoms with E-state index >= 15 is 0 Å². The van der Waals surface area contributed by atoms with Crippen molar-refractivity contribution in [2.45, 2.75) is 12.5 Å². The molecule has 20 heavy (non-hydrogen) atoms. The molecule has 1 heterocycles. The molecule has 2 aromatic rings. The van der Waals surface area contributed by atoms with Gasteiger partial charge in [-0.15, -0.1) is 12.4 Å². The number of hydrogen-bond acceptors (Lipinski definition) is 4. The van der Waals surface area contributed by atoms with E-state index in [1.165, 1.54) is 0 Å². The van der Waals surface area contributed by atoms with Crippen molar-refractivity contribution in [3.05, 3.63) is 53.1 Å². The first-order valence-electron chi connectivity index (χ1n) is 6.22. The van der Waals surface area contributed by atoms with E-state index in [-0.39, 0.29) is 35.7 Å². The summed E-state index contributed by atoms with van der Waals surface area (Å²) in [6, 6.07) is 10.2. The lowest BCUT2D eigenvalue weighted by molar-refractivity contribution is 0.400. The molecule has 5 heteroatoms. The topological polar surface area (TPSA) is 72.7 Å². The van der Waals surface area contributed by atoms with Gasteiger partial charge in [0.25, 0.3) is 0 Å². The second-order valence-corrected chi connectivity index (χ2v) is 4.77. The van der Waals surface area contributed by atoms with Crippen molar-refractivity contribution in [3.63, 3.8) is 0 Å². The molecule has 1 unspecified atom stereocenters. The molecule has 3 rings (SSSR count). The first-order valence-corrected chi connectivity index (χ1v) is 6.22. The number of phenolic OH excluding ortho intramolecular Hbond substituents is 3. The van der Waals surface area contributed by atoms with Crippen LogP contribution < -0.4 is 5.32 Å². The van der Waals surface area contributed by atoms with Crippen LogP contribution in [-0.4, -0.2) is 21.9 Å². The molecule has 0 saturated carbocycles. The molecule has 4 nitrogen and oxygen atoms in total. The molecule has 106 valence electrons. The molecule has 0 aliphatic carbocycles. The minimum absolute atomic E-state index is 0. The highest BCUT2D eigenvalue weighted by molar-refractivity contribution is 5.85. The van der Waals surface area contributed by atoms with Crippen molar-refractivity contribution in [3.8, 4) is 17.2 Å². The fourth-order valence-electron chi connectivity index (χ4n) is 2.58. The van der Waals surface area contributed by atoms with E-state index in [0.29, 0.717) is 0 Å². The Morgan fingerprint density at radius 2 is 1.75 bits per heavy atom. The predicted molar refractivity (Wildman–Crippen MR) is 78.7 cm³/mol. The zero-order chi connectivity index (χ0) is 13.4. The molecule has 4 N–H and O–H groups in total. The molecule has 2 aromatic carbocycles. The van der Waals surface area contributed by atoms with Gasteiger partial charge in [-0.05, 0) is 47.4 Å². The highest BCUT2D eigenvalue weighted by Gasteiger charge is 2.23. The Morgan fingerprint density at radius 3 is 2.50 bits per heavy atom. The molecule has 0 fully saturated rings. The van der Waals surface area contributed by atoms with Gasteiger partial charge in [0.1, 0.15) is 5.75 Å². The maximum atomic E-state index is 9.67. The predicted octanol–water partition coefficient (Wildman–Crippen LogP) is 2.46. The summed E-state index contributed by atoms with van der Waals surface area (Å²) >= 11 is 0. The lowest BCUT2D eigenvalue weighted by Gasteiger charge is -2.27. The van der Waals surface area contributed by atoms with Gasteiger partial charge in [0.15, 0.2) is 11.5 Å². The van der Waals surface area contributed by atoms with Gasteiger partial charge < -0.3 is 20.6 Å². The Hall–Kier alpha value is -1.91. The van der Waals surface area contributed by atoms with Crippen molar-refractivity contribution in [2.75, 3.05) is 6.54 Å². The van der Waals surface area contributed by atoms with Crippen LogP contribution >= 0.6 is 12.4 Å². The summed E-state index contributed by atoms with van der Waals surface area (Å²) in [4.78, 5) is 0. The van der Waals surface area contributed by atoms with Crippen molar-refractivity contribution in [1.29, 1.82) is 0 Å². The average molecular weight is 294 g/mol. The molecule has 0 bridgehead atoms. The zero-order valence-electron chi connectivity index (χ0n) is 10.7. The monoisotopic (exact) mass is 293 g/mol. The van der Waals surface area contributed by atoms with E-state index in [0.717, 1.165) is 29.7 Å². The summed E-state index contributed by atoms with van der Waals surface area (Å²) in [5.74, 6) is 0.0114. The first-order chi connectivity index (χ1) is 9.15. The number of halogens is 1. The third kappa shape index (κ3) is 2.53. The summed E-state index contributed by atoms with van der Waals surface area (Å²) < 4.78 is 0. The Morgan fingerprint density at radius 1 is 1.00 bits per heavy atom. The van der Waals surface area contributed by atoms with Gasteiger partial charge in [0, 0.05) is 6.54 Å². The van der Waals surface area contributed by atoms with E-state index in [2.05, 4.69) is 5.32 Å². The zero-order valence-corrected chi connectivity index (χ0v) is 11.5. The van der Waals surface area contributed by atoms with Gasteiger partial charge in [-0.1, -0.05) is 12.1 Å². The normalized spacial score (nSPS) is 17.1. The number of rotatable bonds is 1. The van der Waals surface area contributed by atoms with Crippen LogP contribution in [0.2, 0.25) is 0 Å². The van der Waals surface area contributed by atoms with Crippen molar-refractivity contribution < 1.29 is 15.3 Å². The van der Waals surface area contributed by atoms with Crippen LogP contribution in [-0.2, 0) is 6.42 Å². The molecular formula is C15H16ClNO3. The third-order valence-corrected chi connectivity index (χ3v) is 3.49. The van der Waals surface area contributed by atoms with Gasteiger partial charge in [-0.2, -0.15) is 0 Å². The second-order valence-electron chi connectivity index (χ2n) is 4.77. The van der Waals surface area contributed by atoms with Crippen LogP contribution in [0, 0.1) is 0 Å². The minimum atomic E-state index is -0.118. The Bertz CT molecular complexity index is 631. The molecule has 0 spiro atoms. The van der Waals surface area contributed by atoms with Crippen molar-refractivity contribution >= 4 is 12.4 Å². The maximum absolute atomic E-state index is 9.67. The number of aromatic hydroxyl groups is 3. The van der Waals surface area contributed by atoms with E-state index in [9.17, 15) is 15.3 Å². The SMILES string of the molecule is Cl.Oc1cccc(C2NCCc3cc(O)c(O)cc32)c1. The highest BCUT2D eigenvalue weighted by Crippen LogP contribution is 2.36. The quantitative estimate of drug-likeness (QED) is 0.610. The largest absolute Gasteiger partial charge is 0.508 e. The third-order valence-electron chi connectivity index (χ3n) is 3.49. The number of phenols is 3. The molecule has 0 amide bonds. The van der Waals surface area contributed by atoms with Crippen LogP contribution in [0.3, 0.4) is 0 Å². The number of hydrogen-bond donors (Lipinski definition) is 4. The summed E-state index contributed by atoms with van der Waals surface area (Å²) in [5.41, 5.74) is 2.89. The maximum Gasteiger partial charge on any atom is 0.157 e. The molecule has 1 aliphatic rings. The van der Waals surface area contributed by atoms with E-state index in [4.69, 9.17) is 0 Å². The minimum Gasteiger partial charge on any atom is -0.508 e. The molecule has 0 saturated heterocycles. The van der Waals surface area contributed by atoms with Gasteiger partial charge in [-0.3, -0.25) is 0 Å². The van der Waals surface area contributed by atoms with Gasteiger partial charge in [0.2, 0.25) is 0 Å². The Labute approximate surface area is 123 Å². The van der Waals surface area contributed by atoms with Crippen LogP contribution in [0.4, 0.5) is 0 Å². The number of fused-ring (bicyclic) bond motifs is 1. The molecule has 1 aliphatic heterocycles. The standard InChI is InChI=1S/C15H15NO3.ClH/c17-11-3-1-2-10(6-11)15-12-8-14(19)13(18)7-9(12)4-5-16-15;/h1-3,6-8,15-19H,4-5H2;1H. The average Bonchev–Trinajstić information content (AvgIpc) is 2.39. The van der Waals surface area contributed by atoms with Gasteiger partial charge in [0.05, 0.1) is 6.04 Å². The van der Waals surface area contributed by atoms with Crippen LogP contribution in [0.25, 0.3) is 0 Å². The van der Waals surface area contributed by atoms with Crippen molar-refractivity contribution in [2.24, 2.45) is 0 Å². The summed E-state index contributed by atoms with van der Waals surface area (Å²) in [7, 11) is 0. The molecule has 0 aromatic heterocycles. The summed E-state index contributed by atoms with van der Waals surface area (Å²) in [5, 5.41) is 32.2. The lowest BCUT2D eigenvalue weighted by atomic mass is 9.89. The first kappa shape index (κ1) is 14.5. The Kier molecular flexibility index (Phi) is 4.06. The lowest BCUT2D eigenvalue weighted by Crippen LogP contribution is -2.30.